The van der Waals surface area contributed by atoms with E-state index in [9.17, 15) is 19.7 Å². The lowest BCUT2D eigenvalue weighted by molar-refractivity contribution is -0.384. The monoisotopic (exact) mass is 445 g/mol. The molecule has 0 aliphatic carbocycles. The van der Waals surface area contributed by atoms with E-state index < -0.39 is 10.8 Å². The Bertz CT molecular complexity index is 1230. The summed E-state index contributed by atoms with van der Waals surface area (Å²) < 4.78 is 2.16. The molecule has 0 bridgehead atoms. The lowest BCUT2D eigenvalue weighted by atomic mass is 9.92. The maximum Gasteiger partial charge on any atom is 0.270 e. The molecule has 0 fully saturated rings. The molecule has 1 aromatic carbocycles. The number of nitro groups is 1. The van der Waals surface area contributed by atoms with Crippen LogP contribution in [0.5, 0.6) is 0 Å². The Kier molecular flexibility index (Phi) is 5.10. The second kappa shape index (κ2) is 7.47. The van der Waals surface area contributed by atoms with E-state index in [1.54, 1.807) is 6.07 Å². The van der Waals surface area contributed by atoms with Crippen LogP contribution in [-0.2, 0) is 16.8 Å². The van der Waals surface area contributed by atoms with E-state index >= 15 is 0 Å². The van der Waals surface area contributed by atoms with Gasteiger partial charge in [-0.25, -0.2) is 9.97 Å². The van der Waals surface area contributed by atoms with Crippen LogP contribution in [0.3, 0.4) is 0 Å². The zero-order chi connectivity index (χ0) is 21.6. The van der Waals surface area contributed by atoms with E-state index in [1.165, 1.54) is 45.9 Å². The van der Waals surface area contributed by atoms with E-state index in [2.05, 4.69) is 15.3 Å². The predicted octanol–water partition coefficient (Wildman–Crippen LogP) is 3.42. The number of non-ortho nitro benzene ring substituents is 1. The fourth-order valence-corrected chi connectivity index (χ4v) is 5.03. The Morgan fingerprint density at radius 2 is 2.07 bits per heavy atom. The number of aromatic nitrogens is 3. The summed E-state index contributed by atoms with van der Waals surface area (Å²) in [7, 11) is 0. The minimum Gasteiger partial charge on any atom is -0.302 e. The molecule has 9 nitrogen and oxygen atoms in total. The van der Waals surface area contributed by atoms with Gasteiger partial charge in [0.2, 0.25) is 5.91 Å². The molecule has 1 N–H and O–H groups in total. The molecule has 1 aliphatic rings. The summed E-state index contributed by atoms with van der Waals surface area (Å²) in [6, 6.07) is 5.91. The van der Waals surface area contributed by atoms with Gasteiger partial charge in [-0.2, -0.15) is 0 Å². The van der Waals surface area contributed by atoms with Gasteiger partial charge >= 0.3 is 0 Å². The maximum atomic E-state index is 12.8. The molecular formula is C19H19N5O4S2. The SMILES string of the molecule is CC(C)(C)c1cc(=O)n2c(n1)SCC(C(=O)Nc1nc3ccc([N+](=O)[O-])cc3s1)C2. The molecule has 0 saturated carbocycles. The normalized spacial score (nSPS) is 16.3. The number of thiazole rings is 1. The predicted molar refractivity (Wildman–Crippen MR) is 116 cm³/mol. The summed E-state index contributed by atoms with van der Waals surface area (Å²) in [4.78, 5) is 44.7. The number of nitrogens with one attached hydrogen (secondary N) is 1. The first-order valence-electron chi connectivity index (χ1n) is 9.23. The van der Waals surface area contributed by atoms with Crippen molar-refractivity contribution < 1.29 is 9.72 Å². The zero-order valence-corrected chi connectivity index (χ0v) is 18.2. The van der Waals surface area contributed by atoms with E-state index in [-0.39, 0.29) is 29.1 Å². The summed E-state index contributed by atoms with van der Waals surface area (Å²) in [5.74, 6) is -0.153. The summed E-state index contributed by atoms with van der Waals surface area (Å²) in [6.45, 7) is 6.26. The van der Waals surface area contributed by atoms with Crippen LogP contribution in [0.4, 0.5) is 10.8 Å². The molecule has 11 heteroatoms. The lowest BCUT2D eigenvalue weighted by Crippen LogP contribution is -2.37. The van der Waals surface area contributed by atoms with Crippen LogP contribution in [0.1, 0.15) is 26.5 Å². The van der Waals surface area contributed by atoms with Crippen LogP contribution < -0.4 is 10.9 Å². The van der Waals surface area contributed by atoms with Gasteiger partial charge in [0.05, 0.1) is 26.8 Å². The summed E-state index contributed by atoms with van der Waals surface area (Å²) >= 11 is 2.57. The molecule has 30 heavy (non-hydrogen) atoms. The molecule has 0 saturated heterocycles. The molecule has 1 atom stereocenters. The number of nitrogens with zero attached hydrogens (tertiary/aromatic N) is 4. The topological polar surface area (TPSA) is 120 Å². The number of amides is 1. The molecule has 0 radical (unpaired) electrons. The minimum absolute atomic E-state index is 0.0224. The Labute approximate surface area is 179 Å². The number of benzene rings is 1. The van der Waals surface area contributed by atoms with E-state index in [0.29, 0.717) is 26.3 Å². The fraction of sp³-hybridized carbons (Fsp3) is 0.368. The molecule has 1 unspecified atom stereocenters. The van der Waals surface area contributed by atoms with Gasteiger partial charge in [-0.1, -0.05) is 43.9 Å². The van der Waals surface area contributed by atoms with E-state index in [1.807, 2.05) is 20.8 Å². The molecule has 0 spiro atoms. The third kappa shape index (κ3) is 3.94. The van der Waals surface area contributed by atoms with Gasteiger partial charge in [0.25, 0.3) is 11.2 Å². The quantitative estimate of drug-likeness (QED) is 0.372. The number of hydrogen-bond donors (Lipinski definition) is 1. The minimum atomic E-state index is -0.467. The van der Waals surface area contributed by atoms with Gasteiger partial charge in [0.1, 0.15) is 0 Å². The Morgan fingerprint density at radius 3 is 2.77 bits per heavy atom. The van der Waals surface area contributed by atoms with Gasteiger partial charge in [-0.05, 0) is 6.07 Å². The Morgan fingerprint density at radius 1 is 1.30 bits per heavy atom. The van der Waals surface area contributed by atoms with Crippen LogP contribution in [0.15, 0.2) is 34.2 Å². The highest BCUT2D eigenvalue weighted by molar-refractivity contribution is 7.99. The summed E-state index contributed by atoms with van der Waals surface area (Å²) in [5, 5.41) is 14.7. The largest absolute Gasteiger partial charge is 0.302 e. The highest BCUT2D eigenvalue weighted by Gasteiger charge is 2.29. The van der Waals surface area contributed by atoms with Gasteiger partial charge < -0.3 is 5.32 Å². The van der Waals surface area contributed by atoms with Gasteiger partial charge in [0.15, 0.2) is 10.3 Å². The third-order valence-electron chi connectivity index (χ3n) is 4.74. The number of fused-ring (bicyclic) bond motifs is 2. The number of hydrogen-bond acceptors (Lipinski definition) is 8. The van der Waals surface area contributed by atoms with Crippen LogP contribution in [-0.4, -0.2) is 31.1 Å². The van der Waals surface area contributed by atoms with Crippen molar-refractivity contribution >= 4 is 50.0 Å². The molecular weight excluding hydrogens is 426 g/mol. The molecule has 3 aromatic rings. The van der Waals surface area contributed by atoms with Gasteiger partial charge in [0, 0.05) is 35.9 Å². The number of nitro benzene ring substituents is 1. The number of carbonyl (C=O) groups is 1. The number of rotatable bonds is 3. The van der Waals surface area contributed by atoms with Crippen molar-refractivity contribution in [1.29, 1.82) is 0 Å². The fourth-order valence-electron chi connectivity index (χ4n) is 3.04. The summed E-state index contributed by atoms with van der Waals surface area (Å²) in [5.41, 5.74) is 0.899. The van der Waals surface area contributed by atoms with E-state index in [4.69, 9.17) is 0 Å². The highest BCUT2D eigenvalue weighted by Crippen LogP contribution is 2.31. The van der Waals surface area contributed by atoms with Crippen molar-refractivity contribution in [2.75, 3.05) is 11.1 Å². The van der Waals surface area contributed by atoms with Crippen molar-refractivity contribution in [3.05, 3.63) is 50.4 Å². The van der Waals surface area contributed by atoms with Crippen molar-refractivity contribution in [2.24, 2.45) is 5.92 Å². The van der Waals surface area contributed by atoms with Crippen LogP contribution in [0.25, 0.3) is 10.2 Å². The lowest BCUT2D eigenvalue weighted by Gasteiger charge is -2.26. The third-order valence-corrected chi connectivity index (χ3v) is 6.81. The highest BCUT2D eigenvalue weighted by atomic mass is 32.2. The summed E-state index contributed by atoms with van der Waals surface area (Å²) in [6.07, 6.45) is 0. The number of anilines is 1. The first-order chi connectivity index (χ1) is 14.1. The van der Waals surface area contributed by atoms with E-state index in [0.717, 1.165) is 5.69 Å². The standard InChI is InChI=1S/C19H19N5O4S2/c1-19(2,3)14-7-15(25)23-8-10(9-29-18(23)21-14)16(26)22-17-20-12-5-4-11(24(27)28)6-13(12)30-17/h4-7,10H,8-9H2,1-3H3,(H,20,22,26). The van der Waals surface area contributed by atoms with Crippen LogP contribution in [0, 0.1) is 16.0 Å². The Hall–Kier alpha value is -2.79. The zero-order valence-electron chi connectivity index (χ0n) is 16.5. The Balaban J connectivity index is 1.52. The second-order valence-electron chi connectivity index (χ2n) is 8.05. The molecule has 3 heterocycles. The maximum absolute atomic E-state index is 12.8. The molecule has 156 valence electrons. The molecule has 4 rings (SSSR count). The average molecular weight is 446 g/mol. The van der Waals surface area contributed by atoms with Crippen LogP contribution >= 0.6 is 23.1 Å². The van der Waals surface area contributed by atoms with Crippen molar-refractivity contribution in [3.8, 4) is 0 Å². The number of carbonyl (C=O) groups excluding carboxylic acids is 1. The average Bonchev–Trinajstić information content (AvgIpc) is 3.08. The van der Waals surface area contributed by atoms with Crippen molar-refractivity contribution in [2.45, 2.75) is 37.9 Å². The van der Waals surface area contributed by atoms with Crippen molar-refractivity contribution in [1.82, 2.24) is 14.5 Å². The van der Waals surface area contributed by atoms with Crippen LogP contribution in [0.2, 0.25) is 0 Å². The first-order valence-corrected chi connectivity index (χ1v) is 11.0. The second-order valence-corrected chi connectivity index (χ2v) is 10.1. The molecule has 1 amide bonds. The first kappa shape index (κ1) is 20.5. The number of thioether (sulfide) groups is 1. The molecule has 2 aromatic heterocycles. The van der Waals surface area contributed by atoms with Gasteiger partial charge in [-0.15, -0.1) is 0 Å². The van der Waals surface area contributed by atoms with Gasteiger partial charge in [-0.3, -0.25) is 24.3 Å². The molecule has 1 aliphatic heterocycles. The smallest absolute Gasteiger partial charge is 0.270 e. The van der Waals surface area contributed by atoms with Crippen molar-refractivity contribution in [3.63, 3.8) is 0 Å².